The lowest BCUT2D eigenvalue weighted by Crippen LogP contribution is -2.39. The lowest BCUT2D eigenvalue weighted by molar-refractivity contribution is -0.144. The van der Waals surface area contributed by atoms with Crippen molar-refractivity contribution in [3.8, 4) is 0 Å². The number of esters is 1. The van der Waals surface area contributed by atoms with Gasteiger partial charge in [-0.3, -0.25) is 4.79 Å². The Balaban J connectivity index is 2.26. The van der Waals surface area contributed by atoms with Gasteiger partial charge in [0.2, 0.25) is 0 Å². The molecule has 7 heteroatoms. The zero-order chi connectivity index (χ0) is 15.6. The van der Waals surface area contributed by atoms with Gasteiger partial charge in [-0.2, -0.15) is 5.10 Å². The molecule has 0 aromatic carbocycles. The maximum Gasteiger partial charge on any atom is 0.328 e. The fourth-order valence-corrected chi connectivity index (χ4v) is 2.03. The van der Waals surface area contributed by atoms with E-state index in [0.29, 0.717) is 11.2 Å². The lowest BCUT2D eigenvalue weighted by Gasteiger charge is -2.11. The molecule has 0 bridgehead atoms. The van der Waals surface area contributed by atoms with Crippen LogP contribution in [0.15, 0.2) is 12.3 Å². The summed E-state index contributed by atoms with van der Waals surface area (Å²) in [5.74, 6) is -0.870. The van der Waals surface area contributed by atoms with Crippen molar-refractivity contribution in [2.45, 2.75) is 33.7 Å². The van der Waals surface area contributed by atoms with Gasteiger partial charge in [-0.1, -0.05) is 0 Å². The highest BCUT2D eigenvalue weighted by Gasteiger charge is 2.21. The Morgan fingerprint density at radius 3 is 2.81 bits per heavy atom. The van der Waals surface area contributed by atoms with E-state index in [9.17, 15) is 9.59 Å². The molecule has 0 radical (unpaired) electrons. The number of aromatic nitrogens is 3. The van der Waals surface area contributed by atoms with Crippen LogP contribution < -0.4 is 5.32 Å². The van der Waals surface area contributed by atoms with Crippen LogP contribution in [0.4, 0.5) is 0 Å². The summed E-state index contributed by atoms with van der Waals surface area (Å²) in [5, 5.41) is 6.74. The second-order valence-electron chi connectivity index (χ2n) is 4.78. The molecule has 2 aromatic heterocycles. The third-order valence-electron chi connectivity index (χ3n) is 3.01. The standard InChI is InChI=1S/C14H18N4O3/c1-5-21-14(20)10(4)17-13(19)11-7-15-18-9(3)6-8(2)16-12(11)18/h6-7,10H,5H2,1-4H3,(H,17,19). The van der Waals surface area contributed by atoms with Gasteiger partial charge < -0.3 is 10.1 Å². The highest BCUT2D eigenvalue weighted by molar-refractivity contribution is 6.01. The zero-order valence-electron chi connectivity index (χ0n) is 12.5. The van der Waals surface area contributed by atoms with Gasteiger partial charge in [0, 0.05) is 11.4 Å². The monoisotopic (exact) mass is 290 g/mol. The van der Waals surface area contributed by atoms with Gasteiger partial charge in [0.05, 0.1) is 12.8 Å². The number of hydrogen-bond donors (Lipinski definition) is 1. The first-order valence-electron chi connectivity index (χ1n) is 6.73. The number of amides is 1. The smallest absolute Gasteiger partial charge is 0.328 e. The molecule has 1 atom stereocenters. The fraction of sp³-hybridized carbons (Fsp3) is 0.429. The molecule has 0 saturated carbocycles. The minimum absolute atomic E-state index is 0.274. The molecule has 0 aliphatic rings. The average Bonchev–Trinajstić information content (AvgIpc) is 2.82. The summed E-state index contributed by atoms with van der Waals surface area (Å²) in [6.45, 7) is 7.30. The molecule has 1 unspecified atom stereocenters. The molecule has 0 saturated heterocycles. The normalized spacial score (nSPS) is 12.2. The van der Waals surface area contributed by atoms with Crippen molar-refractivity contribution in [2.24, 2.45) is 0 Å². The van der Waals surface area contributed by atoms with Crippen molar-refractivity contribution in [3.05, 3.63) is 29.2 Å². The van der Waals surface area contributed by atoms with Gasteiger partial charge >= 0.3 is 5.97 Å². The summed E-state index contributed by atoms with van der Waals surface area (Å²) in [4.78, 5) is 28.1. The summed E-state index contributed by atoms with van der Waals surface area (Å²) < 4.78 is 6.45. The van der Waals surface area contributed by atoms with E-state index in [1.54, 1.807) is 18.4 Å². The van der Waals surface area contributed by atoms with Crippen LogP contribution in [-0.4, -0.2) is 39.1 Å². The minimum Gasteiger partial charge on any atom is -0.464 e. The first-order valence-corrected chi connectivity index (χ1v) is 6.73. The van der Waals surface area contributed by atoms with Crippen molar-refractivity contribution >= 4 is 17.5 Å². The Morgan fingerprint density at radius 2 is 2.14 bits per heavy atom. The van der Waals surface area contributed by atoms with Crippen LogP contribution in [0.5, 0.6) is 0 Å². The van der Waals surface area contributed by atoms with Crippen LogP contribution in [0, 0.1) is 13.8 Å². The molecule has 21 heavy (non-hydrogen) atoms. The highest BCUT2D eigenvalue weighted by Crippen LogP contribution is 2.12. The molecule has 0 fully saturated rings. The molecule has 112 valence electrons. The first kappa shape index (κ1) is 15.0. The van der Waals surface area contributed by atoms with E-state index in [1.807, 2.05) is 19.9 Å². The van der Waals surface area contributed by atoms with E-state index in [4.69, 9.17) is 4.74 Å². The second-order valence-corrected chi connectivity index (χ2v) is 4.78. The fourth-order valence-electron chi connectivity index (χ4n) is 2.03. The Hall–Kier alpha value is -2.44. The summed E-state index contributed by atoms with van der Waals surface area (Å²) in [7, 11) is 0. The zero-order valence-corrected chi connectivity index (χ0v) is 12.5. The largest absolute Gasteiger partial charge is 0.464 e. The number of ether oxygens (including phenoxy) is 1. The van der Waals surface area contributed by atoms with Crippen LogP contribution in [0.1, 0.15) is 35.6 Å². The van der Waals surface area contributed by atoms with E-state index >= 15 is 0 Å². The van der Waals surface area contributed by atoms with E-state index in [-0.39, 0.29) is 6.61 Å². The first-order chi connectivity index (χ1) is 9.93. The van der Waals surface area contributed by atoms with Gasteiger partial charge in [0.25, 0.3) is 5.91 Å². The lowest BCUT2D eigenvalue weighted by atomic mass is 10.2. The average molecular weight is 290 g/mol. The number of rotatable bonds is 4. The topological polar surface area (TPSA) is 85.6 Å². The molecule has 7 nitrogen and oxygen atoms in total. The SMILES string of the molecule is CCOC(=O)C(C)NC(=O)c1cnn2c(C)cc(C)nc12. The third-order valence-corrected chi connectivity index (χ3v) is 3.01. The Morgan fingerprint density at radius 1 is 1.43 bits per heavy atom. The van der Waals surface area contributed by atoms with Crippen molar-refractivity contribution in [2.75, 3.05) is 6.61 Å². The summed E-state index contributed by atoms with van der Waals surface area (Å²) in [6, 6.07) is 1.15. The van der Waals surface area contributed by atoms with Crippen LogP contribution in [0.25, 0.3) is 5.65 Å². The van der Waals surface area contributed by atoms with Crippen molar-refractivity contribution < 1.29 is 14.3 Å². The van der Waals surface area contributed by atoms with Crippen molar-refractivity contribution in [1.82, 2.24) is 19.9 Å². The number of hydrogen-bond acceptors (Lipinski definition) is 5. The molecular formula is C14H18N4O3. The maximum atomic E-state index is 12.2. The summed E-state index contributed by atoms with van der Waals surface area (Å²) >= 11 is 0. The molecule has 2 aromatic rings. The number of carbonyl (C=O) groups excluding carboxylic acids is 2. The third kappa shape index (κ3) is 3.01. The molecule has 0 spiro atoms. The number of nitrogens with zero attached hydrogens (tertiary/aromatic N) is 3. The Bertz CT molecular complexity index is 693. The van der Waals surface area contributed by atoms with Gasteiger partial charge in [-0.15, -0.1) is 0 Å². The van der Waals surface area contributed by atoms with E-state index in [0.717, 1.165) is 11.4 Å². The maximum absolute atomic E-state index is 12.2. The van der Waals surface area contributed by atoms with Crippen molar-refractivity contribution in [1.29, 1.82) is 0 Å². The number of carbonyl (C=O) groups is 2. The number of aryl methyl sites for hydroxylation is 2. The Labute approximate surface area is 122 Å². The Kier molecular flexibility index (Phi) is 4.21. The van der Waals surface area contributed by atoms with E-state index in [1.165, 1.54) is 6.20 Å². The number of fused-ring (bicyclic) bond motifs is 1. The van der Waals surface area contributed by atoms with Crippen LogP contribution in [-0.2, 0) is 9.53 Å². The van der Waals surface area contributed by atoms with Gasteiger partial charge in [-0.05, 0) is 33.8 Å². The molecule has 0 aliphatic carbocycles. The minimum atomic E-state index is -0.724. The van der Waals surface area contributed by atoms with Crippen LogP contribution >= 0.6 is 0 Å². The van der Waals surface area contributed by atoms with Gasteiger partial charge in [0.1, 0.15) is 11.6 Å². The molecule has 2 heterocycles. The van der Waals surface area contributed by atoms with E-state index < -0.39 is 17.9 Å². The van der Waals surface area contributed by atoms with Crippen LogP contribution in [0.2, 0.25) is 0 Å². The van der Waals surface area contributed by atoms with Crippen molar-refractivity contribution in [3.63, 3.8) is 0 Å². The second kappa shape index (κ2) is 5.90. The molecule has 2 rings (SSSR count). The van der Waals surface area contributed by atoms with E-state index in [2.05, 4.69) is 15.4 Å². The van der Waals surface area contributed by atoms with Gasteiger partial charge in [-0.25, -0.2) is 14.3 Å². The molecule has 1 amide bonds. The molecular weight excluding hydrogens is 272 g/mol. The quantitative estimate of drug-likeness (QED) is 0.850. The number of nitrogens with one attached hydrogen (secondary N) is 1. The molecule has 1 N–H and O–H groups in total. The molecule has 0 aliphatic heterocycles. The predicted molar refractivity (Wildman–Crippen MR) is 76.0 cm³/mol. The van der Waals surface area contributed by atoms with Gasteiger partial charge in [0.15, 0.2) is 5.65 Å². The summed E-state index contributed by atoms with van der Waals surface area (Å²) in [6.07, 6.45) is 1.45. The summed E-state index contributed by atoms with van der Waals surface area (Å²) in [5.41, 5.74) is 2.49. The highest BCUT2D eigenvalue weighted by atomic mass is 16.5. The van der Waals surface area contributed by atoms with Crippen LogP contribution in [0.3, 0.4) is 0 Å². The predicted octanol–water partition coefficient (Wildman–Crippen LogP) is 1.03.